The molecule has 20 heavy (non-hydrogen) atoms. The van der Waals surface area contributed by atoms with Crippen LogP contribution in [0.5, 0.6) is 0 Å². The Balaban J connectivity index is 2.13. The van der Waals surface area contributed by atoms with Crippen molar-refractivity contribution >= 4 is 27.5 Å². The second kappa shape index (κ2) is 6.56. The average molecular weight is 317 g/mol. The van der Waals surface area contributed by atoms with Crippen molar-refractivity contribution < 1.29 is 13.2 Å². The van der Waals surface area contributed by atoms with E-state index in [0.717, 1.165) is 12.8 Å². The van der Waals surface area contributed by atoms with Crippen LogP contribution in [0.4, 0.5) is 0 Å². The Kier molecular flexibility index (Phi) is 5.01. The first kappa shape index (κ1) is 15.3. The van der Waals surface area contributed by atoms with Gasteiger partial charge in [-0.25, -0.2) is 8.42 Å². The number of rotatable bonds is 5. The number of amides is 1. The van der Waals surface area contributed by atoms with Crippen LogP contribution in [0, 0.1) is 0 Å². The second-order valence-electron chi connectivity index (χ2n) is 4.58. The number of alkyl halides is 1. The van der Waals surface area contributed by atoms with E-state index in [2.05, 4.69) is 5.32 Å². The molecule has 1 aromatic rings. The van der Waals surface area contributed by atoms with Crippen LogP contribution in [0.15, 0.2) is 29.2 Å². The minimum Gasteiger partial charge on any atom is -0.351 e. The summed E-state index contributed by atoms with van der Waals surface area (Å²) in [6.07, 6.45) is 1.80. The highest BCUT2D eigenvalue weighted by atomic mass is 35.5. The van der Waals surface area contributed by atoms with Gasteiger partial charge in [-0.15, -0.1) is 11.6 Å². The Morgan fingerprint density at radius 2 is 1.80 bits per heavy atom. The van der Waals surface area contributed by atoms with E-state index in [4.69, 9.17) is 11.6 Å². The normalized spacial score (nSPS) is 16.2. The van der Waals surface area contributed by atoms with Gasteiger partial charge in [-0.1, -0.05) is 0 Å². The number of carbonyl (C=O) groups is 1. The zero-order valence-electron chi connectivity index (χ0n) is 11.0. The van der Waals surface area contributed by atoms with Gasteiger partial charge in [0.1, 0.15) is 0 Å². The largest absolute Gasteiger partial charge is 0.351 e. The average Bonchev–Trinajstić information content (AvgIpc) is 3.00. The highest BCUT2D eigenvalue weighted by Gasteiger charge is 2.27. The summed E-state index contributed by atoms with van der Waals surface area (Å²) in [6.45, 7) is 1.52. The van der Waals surface area contributed by atoms with Gasteiger partial charge in [0.25, 0.3) is 5.91 Å². The third-order valence-corrected chi connectivity index (χ3v) is 5.30. The third-order valence-electron chi connectivity index (χ3n) is 3.20. The second-order valence-corrected chi connectivity index (χ2v) is 6.90. The van der Waals surface area contributed by atoms with Gasteiger partial charge in [0.05, 0.1) is 4.90 Å². The summed E-state index contributed by atoms with van der Waals surface area (Å²) in [5.41, 5.74) is 0.426. The van der Waals surface area contributed by atoms with E-state index >= 15 is 0 Å². The Morgan fingerprint density at radius 1 is 1.20 bits per heavy atom. The Labute approximate surface area is 124 Å². The molecule has 1 amide bonds. The predicted octanol–water partition coefficient (Wildman–Crippen LogP) is 1.44. The lowest BCUT2D eigenvalue weighted by Crippen LogP contribution is -2.28. The van der Waals surface area contributed by atoms with Gasteiger partial charge in [-0.2, -0.15) is 4.31 Å². The van der Waals surface area contributed by atoms with E-state index < -0.39 is 10.0 Å². The quantitative estimate of drug-likeness (QED) is 0.836. The molecule has 0 aromatic heterocycles. The fraction of sp³-hybridized carbons (Fsp3) is 0.462. The molecule has 1 aliphatic rings. The van der Waals surface area contributed by atoms with Gasteiger partial charge >= 0.3 is 0 Å². The summed E-state index contributed by atoms with van der Waals surface area (Å²) in [6, 6.07) is 5.99. The van der Waals surface area contributed by atoms with Crippen LogP contribution in [0.2, 0.25) is 0 Å². The molecule has 0 atom stereocenters. The Bertz CT molecular complexity index is 566. The Morgan fingerprint density at radius 3 is 2.35 bits per heavy atom. The molecule has 0 radical (unpaired) electrons. The first-order valence-corrected chi connectivity index (χ1v) is 8.47. The zero-order chi connectivity index (χ0) is 14.6. The molecule has 1 saturated heterocycles. The summed E-state index contributed by atoms with van der Waals surface area (Å²) in [4.78, 5) is 11.9. The Hall–Kier alpha value is -1.11. The predicted molar refractivity (Wildman–Crippen MR) is 77.5 cm³/mol. The van der Waals surface area contributed by atoms with Gasteiger partial charge in [-0.3, -0.25) is 4.79 Å². The van der Waals surface area contributed by atoms with E-state index in [1.807, 2.05) is 0 Å². The molecule has 0 spiro atoms. The van der Waals surface area contributed by atoms with Gasteiger partial charge in [-0.05, 0) is 37.1 Å². The van der Waals surface area contributed by atoms with Crippen molar-refractivity contribution in [1.82, 2.24) is 9.62 Å². The topological polar surface area (TPSA) is 66.5 Å². The molecule has 2 rings (SSSR count). The van der Waals surface area contributed by atoms with Crippen molar-refractivity contribution in [1.29, 1.82) is 0 Å². The fourth-order valence-electron chi connectivity index (χ4n) is 2.12. The molecule has 0 saturated carbocycles. The molecule has 0 aliphatic carbocycles. The zero-order valence-corrected chi connectivity index (χ0v) is 12.6. The van der Waals surface area contributed by atoms with E-state index in [-0.39, 0.29) is 10.8 Å². The van der Waals surface area contributed by atoms with Crippen LogP contribution in [0.3, 0.4) is 0 Å². The summed E-state index contributed by atoms with van der Waals surface area (Å²) in [7, 11) is -3.42. The van der Waals surface area contributed by atoms with Crippen molar-refractivity contribution in [2.24, 2.45) is 0 Å². The molecule has 7 heteroatoms. The number of sulfonamides is 1. The molecule has 1 aliphatic heterocycles. The van der Waals surface area contributed by atoms with Gasteiger partial charge in [0.15, 0.2) is 0 Å². The van der Waals surface area contributed by atoms with Crippen molar-refractivity contribution in [2.45, 2.75) is 17.7 Å². The minimum absolute atomic E-state index is 0.230. The SMILES string of the molecule is O=C(NCCCl)c1ccc(S(=O)(=O)N2CCCC2)cc1. The minimum atomic E-state index is -3.42. The molecule has 0 bridgehead atoms. The maximum absolute atomic E-state index is 12.3. The first-order valence-electron chi connectivity index (χ1n) is 6.50. The van der Waals surface area contributed by atoms with Crippen LogP contribution < -0.4 is 5.32 Å². The number of nitrogens with zero attached hydrogens (tertiary/aromatic N) is 1. The molecule has 1 N–H and O–H groups in total. The summed E-state index contributed by atoms with van der Waals surface area (Å²) >= 11 is 5.49. The maximum atomic E-state index is 12.3. The van der Waals surface area contributed by atoms with E-state index in [0.29, 0.717) is 31.1 Å². The number of nitrogens with one attached hydrogen (secondary N) is 1. The lowest BCUT2D eigenvalue weighted by molar-refractivity contribution is 0.0956. The molecule has 1 fully saturated rings. The van der Waals surface area contributed by atoms with Crippen LogP contribution >= 0.6 is 11.6 Å². The highest BCUT2D eigenvalue weighted by Crippen LogP contribution is 2.20. The number of hydrogen-bond acceptors (Lipinski definition) is 3. The van der Waals surface area contributed by atoms with E-state index in [1.54, 1.807) is 0 Å². The number of benzene rings is 1. The molecular formula is C13H17ClN2O3S. The van der Waals surface area contributed by atoms with Gasteiger partial charge < -0.3 is 5.32 Å². The monoisotopic (exact) mass is 316 g/mol. The molecule has 5 nitrogen and oxygen atoms in total. The summed E-state index contributed by atoms with van der Waals surface area (Å²) in [5, 5.41) is 2.63. The number of halogens is 1. The first-order chi connectivity index (χ1) is 9.55. The highest BCUT2D eigenvalue weighted by molar-refractivity contribution is 7.89. The maximum Gasteiger partial charge on any atom is 0.251 e. The number of hydrogen-bond donors (Lipinski definition) is 1. The van der Waals surface area contributed by atoms with Crippen molar-refractivity contribution in [2.75, 3.05) is 25.5 Å². The van der Waals surface area contributed by atoms with Crippen LogP contribution in [0.1, 0.15) is 23.2 Å². The van der Waals surface area contributed by atoms with Gasteiger partial charge in [0, 0.05) is 31.1 Å². The van der Waals surface area contributed by atoms with Gasteiger partial charge in [0.2, 0.25) is 10.0 Å². The van der Waals surface area contributed by atoms with E-state index in [1.165, 1.54) is 28.6 Å². The van der Waals surface area contributed by atoms with Crippen molar-refractivity contribution in [3.8, 4) is 0 Å². The van der Waals surface area contributed by atoms with E-state index in [9.17, 15) is 13.2 Å². The fourth-order valence-corrected chi connectivity index (χ4v) is 3.73. The number of carbonyl (C=O) groups excluding carboxylic acids is 1. The van der Waals surface area contributed by atoms with Crippen LogP contribution in [0.25, 0.3) is 0 Å². The molecule has 1 heterocycles. The summed E-state index contributed by atoms with van der Waals surface area (Å²) < 4.78 is 26.1. The third kappa shape index (κ3) is 3.31. The lowest BCUT2D eigenvalue weighted by Gasteiger charge is -2.15. The molecular weight excluding hydrogens is 300 g/mol. The van der Waals surface area contributed by atoms with Crippen molar-refractivity contribution in [3.05, 3.63) is 29.8 Å². The smallest absolute Gasteiger partial charge is 0.251 e. The van der Waals surface area contributed by atoms with Crippen LogP contribution in [-0.2, 0) is 10.0 Å². The molecule has 0 unspecified atom stereocenters. The van der Waals surface area contributed by atoms with Crippen LogP contribution in [-0.4, -0.2) is 44.1 Å². The standard InChI is InChI=1S/C13H17ClN2O3S/c14-7-8-15-13(17)11-3-5-12(6-4-11)20(18,19)16-9-1-2-10-16/h3-6H,1-2,7-10H2,(H,15,17). The molecule has 1 aromatic carbocycles. The van der Waals surface area contributed by atoms with Crippen molar-refractivity contribution in [3.63, 3.8) is 0 Å². The molecule has 110 valence electrons. The summed E-state index contributed by atoms with van der Waals surface area (Å²) in [5.74, 6) is 0.0865. The lowest BCUT2D eigenvalue weighted by atomic mass is 10.2.